The van der Waals surface area contributed by atoms with Crippen LogP contribution in [0.1, 0.15) is 36.2 Å². The van der Waals surface area contributed by atoms with E-state index in [0.29, 0.717) is 5.76 Å². The molecule has 0 aliphatic carbocycles. The highest BCUT2D eigenvalue weighted by Gasteiger charge is 2.22. The fraction of sp³-hybridized carbons (Fsp3) is 0.429. The van der Waals surface area contributed by atoms with Crippen LogP contribution in [0.15, 0.2) is 28.9 Å². The molecule has 108 valence electrons. The maximum Gasteiger partial charge on any atom is 0.245 e. The van der Waals surface area contributed by atoms with E-state index >= 15 is 0 Å². The maximum absolute atomic E-state index is 12.2. The van der Waals surface area contributed by atoms with Crippen molar-refractivity contribution in [3.8, 4) is 0 Å². The van der Waals surface area contributed by atoms with Gasteiger partial charge < -0.3 is 14.8 Å². The van der Waals surface area contributed by atoms with E-state index in [1.807, 2.05) is 19.9 Å². The highest BCUT2D eigenvalue weighted by molar-refractivity contribution is 5.80. The molecule has 6 heteroatoms. The molecule has 0 saturated heterocycles. The molecule has 0 spiro atoms. The number of amides is 1. The number of nitrogens with one attached hydrogen (secondary N) is 1. The number of aromatic nitrogens is 2. The van der Waals surface area contributed by atoms with Crippen LogP contribution in [0.25, 0.3) is 0 Å². The number of aryl methyl sites for hydroxylation is 2. The molecule has 2 unspecified atom stereocenters. The summed E-state index contributed by atoms with van der Waals surface area (Å²) in [4.78, 5) is 12.2. The van der Waals surface area contributed by atoms with E-state index in [1.54, 1.807) is 23.7 Å². The Kier molecular flexibility index (Phi) is 4.24. The second-order valence-corrected chi connectivity index (χ2v) is 4.81. The minimum atomic E-state index is -0.545. The number of rotatable bonds is 5. The summed E-state index contributed by atoms with van der Waals surface area (Å²) in [7, 11) is 0. The molecule has 2 aromatic heterocycles. The molecular formula is C14H19N3O3. The monoisotopic (exact) mass is 277 g/mol. The molecular weight excluding hydrogens is 258 g/mol. The number of hydrogen-bond acceptors (Lipinski definition) is 4. The lowest BCUT2D eigenvalue weighted by Crippen LogP contribution is -2.36. The molecule has 0 radical (unpaired) electrons. The smallest absolute Gasteiger partial charge is 0.245 e. The van der Waals surface area contributed by atoms with E-state index in [2.05, 4.69) is 10.4 Å². The Morgan fingerprint density at radius 1 is 1.55 bits per heavy atom. The molecule has 20 heavy (non-hydrogen) atoms. The van der Waals surface area contributed by atoms with E-state index < -0.39 is 12.1 Å². The van der Waals surface area contributed by atoms with Gasteiger partial charge in [-0.3, -0.25) is 9.48 Å². The van der Waals surface area contributed by atoms with Crippen LogP contribution in [-0.2, 0) is 4.79 Å². The third-order valence-electron chi connectivity index (χ3n) is 3.18. The summed E-state index contributed by atoms with van der Waals surface area (Å²) in [5.74, 6) is 0.313. The van der Waals surface area contributed by atoms with Crippen molar-refractivity contribution in [1.29, 1.82) is 0 Å². The van der Waals surface area contributed by atoms with Gasteiger partial charge in [0.1, 0.15) is 17.8 Å². The number of nitrogens with zero attached hydrogens (tertiary/aromatic N) is 2. The van der Waals surface area contributed by atoms with Crippen molar-refractivity contribution in [3.63, 3.8) is 0 Å². The molecule has 0 aliphatic rings. The Bertz CT molecular complexity index is 575. The summed E-state index contributed by atoms with van der Waals surface area (Å²) in [6.07, 6.45) is 1.51. The average Bonchev–Trinajstić information content (AvgIpc) is 3.04. The fourth-order valence-corrected chi connectivity index (χ4v) is 2.14. The highest BCUT2D eigenvalue weighted by atomic mass is 16.3. The molecule has 0 aliphatic heterocycles. The highest BCUT2D eigenvalue weighted by Crippen LogP contribution is 2.16. The predicted octanol–water partition coefficient (Wildman–Crippen LogP) is 1.50. The second-order valence-electron chi connectivity index (χ2n) is 4.81. The molecule has 1 amide bonds. The maximum atomic E-state index is 12.2. The van der Waals surface area contributed by atoms with E-state index in [1.165, 1.54) is 6.26 Å². The molecule has 0 bridgehead atoms. The van der Waals surface area contributed by atoms with Gasteiger partial charge in [-0.25, -0.2) is 0 Å². The summed E-state index contributed by atoms with van der Waals surface area (Å²) >= 11 is 0. The summed E-state index contributed by atoms with van der Waals surface area (Å²) in [5.41, 5.74) is 1.79. The summed E-state index contributed by atoms with van der Waals surface area (Å²) in [6.45, 7) is 5.34. The van der Waals surface area contributed by atoms with Gasteiger partial charge in [-0.1, -0.05) is 0 Å². The van der Waals surface area contributed by atoms with Crippen molar-refractivity contribution in [3.05, 3.63) is 41.6 Å². The second kappa shape index (κ2) is 5.92. The van der Waals surface area contributed by atoms with Crippen LogP contribution in [0.3, 0.4) is 0 Å². The van der Waals surface area contributed by atoms with Gasteiger partial charge >= 0.3 is 0 Å². The lowest BCUT2D eigenvalue weighted by molar-refractivity contribution is -0.125. The van der Waals surface area contributed by atoms with Crippen molar-refractivity contribution in [1.82, 2.24) is 15.1 Å². The molecule has 2 aromatic rings. The summed E-state index contributed by atoms with van der Waals surface area (Å²) in [6, 6.07) is 4.36. The largest absolute Gasteiger partial charge is 0.467 e. The van der Waals surface area contributed by atoms with Crippen LogP contribution in [-0.4, -0.2) is 27.4 Å². The SMILES string of the molecule is Cc1cc(C)n(C(C)C(=O)NC(CO)c2ccco2)n1. The van der Waals surface area contributed by atoms with Gasteiger partial charge in [-0.2, -0.15) is 5.10 Å². The number of carbonyl (C=O) groups is 1. The van der Waals surface area contributed by atoms with Crippen LogP contribution in [0.5, 0.6) is 0 Å². The summed E-state index contributed by atoms with van der Waals surface area (Å²) in [5, 5.41) is 16.4. The van der Waals surface area contributed by atoms with Crippen molar-refractivity contribution in [2.24, 2.45) is 0 Å². The number of carbonyl (C=O) groups excluding carboxylic acids is 1. The topological polar surface area (TPSA) is 80.3 Å². The lowest BCUT2D eigenvalue weighted by Gasteiger charge is -2.18. The first-order chi connectivity index (χ1) is 9.52. The third-order valence-corrected chi connectivity index (χ3v) is 3.18. The minimum Gasteiger partial charge on any atom is -0.467 e. The van der Waals surface area contributed by atoms with E-state index in [0.717, 1.165) is 11.4 Å². The normalized spacial score (nSPS) is 14.0. The number of hydrogen-bond donors (Lipinski definition) is 2. The first-order valence-corrected chi connectivity index (χ1v) is 6.50. The third kappa shape index (κ3) is 2.91. The Morgan fingerprint density at radius 3 is 2.80 bits per heavy atom. The molecule has 0 fully saturated rings. The van der Waals surface area contributed by atoms with Gasteiger partial charge in [-0.15, -0.1) is 0 Å². The van der Waals surface area contributed by atoms with Crippen LogP contribution >= 0.6 is 0 Å². The van der Waals surface area contributed by atoms with Gasteiger partial charge in [0.05, 0.1) is 18.6 Å². The first kappa shape index (κ1) is 14.3. The molecule has 2 rings (SSSR count). The Labute approximate surface area is 117 Å². The van der Waals surface area contributed by atoms with Crippen LogP contribution in [0.4, 0.5) is 0 Å². The molecule has 2 heterocycles. The van der Waals surface area contributed by atoms with Gasteiger partial charge in [0.2, 0.25) is 5.91 Å². The van der Waals surface area contributed by atoms with Crippen LogP contribution in [0, 0.1) is 13.8 Å². The molecule has 2 atom stereocenters. The zero-order valence-corrected chi connectivity index (χ0v) is 11.8. The summed E-state index contributed by atoms with van der Waals surface area (Å²) < 4.78 is 6.87. The fourth-order valence-electron chi connectivity index (χ4n) is 2.14. The molecule has 2 N–H and O–H groups in total. The van der Waals surface area contributed by atoms with Gasteiger partial charge in [0.25, 0.3) is 0 Å². The van der Waals surface area contributed by atoms with Crippen LogP contribution < -0.4 is 5.32 Å². The molecule has 0 aromatic carbocycles. The zero-order valence-electron chi connectivity index (χ0n) is 11.8. The Hall–Kier alpha value is -2.08. The number of furan rings is 1. The quantitative estimate of drug-likeness (QED) is 0.868. The minimum absolute atomic E-state index is 0.216. The molecule has 0 saturated carbocycles. The number of aliphatic hydroxyl groups is 1. The van der Waals surface area contributed by atoms with E-state index in [4.69, 9.17) is 4.42 Å². The van der Waals surface area contributed by atoms with E-state index in [9.17, 15) is 9.90 Å². The predicted molar refractivity (Wildman–Crippen MR) is 73.1 cm³/mol. The van der Waals surface area contributed by atoms with Crippen molar-refractivity contribution < 1.29 is 14.3 Å². The van der Waals surface area contributed by atoms with Gasteiger partial charge in [0.15, 0.2) is 0 Å². The Balaban J connectivity index is 2.09. The van der Waals surface area contributed by atoms with Crippen molar-refractivity contribution >= 4 is 5.91 Å². The lowest BCUT2D eigenvalue weighted by atomic mass is 10.2. The number of aliphatic hydroxyl groups excluding tert-OH is 1. The standard InChI is InChI=1S/C14H19N3O3/c1-9-7-10(2)17(16-9)11(3)14(19)15-12(8-18)13-5-4-6-20-13/h4-7,11-12,18H,8H2,1-3H3,(H,15,19). The first-order valence-electron chi connectivity index (χ1n) is 6.50. The van der Waals surface area contributed by atoms with Crippen molar-refractivity contribution in [2.75, 3.05) is 6.61 Å². The Morgan fingerprint density at radius 2 is 2.30 bits per heavy atom. The molecule has 6 nitrogen and oxygen atoms in total. The average molecular weight is 277 g/mol. The van der Waals surface area contributed by atoms with Gasteiger partial charge in [-0.05, 0) is 39.0 Å². The zero-order chi connectivity index (χ0) is 14.7. The van der Waals surface area contributed by atoms with Crippen LogP contribution in [0.2, 0.25) is 0 Å². The van der Waals surface area contributed by atoms with Gasteiger partial charge in [0, 0.05) is 5.69 Å². The van der Waals surface area contributed by atoms with E-state index in [-0.39, 0.29) is 12.5 Å². The van der Waals surface area contributed by atoms with Crippen molar-refractivity contribution in [2.45, 2.75) is 32.9 Å².